The molecule has 0 saturated carbocycles. The lowest BCUT2D eigenvalue weighted by Gasteiger charge is -2.16. The molecule has 1 aromatic heterocycles. The Bertz CT molecular complexity index is 947. The van der Waals surface area contributed by atoms with Crippen LogP contribution >= 0.6 is 0 Å². The van der Waals surface area contributed by atoms with Gasteiger partial charge in [0, 0.05) is 23.4 Å². The molecule has 0 bridgehead atoms. The first-order valence-corrected chi connectivity index (χ1v) is 9.27. The number of aromatic nitrogens is 2. The van der Waals surface area contributed by atoms with Crippen molar-refractivity contribution in [1.82, 2.24) is 20.4 Å². The van der Waals surface area contributed by atoms with E-state index in [-0.39, 0.29) is 12.1 Å². The molecule has 1 atom stereocenters. The fraction of sp³-hybridized carbons (Fsp3) is 0.273. The summed E-state index contributed by atoms with van der Waals surface area (Å²) in [6.45, 7) is 6.41. The van der Waals surface area contributed by atoms with E-state index < -0.39 is 0 Å². The van der Waals surface area contributed by atoms with Gasteiger partial charge in [-0.05, 0) is 39.0 Å². The van der Waals surface area contributed by atoms with Gasteiger partial charge in [0.15, 0.2) is 0 Å². The smallest absolute Gasteiger partial charge is 0.315 e. The highest BCUT2D eigenvalue weighted by Gasteiger charge is 2.16. The van der Waals surface area contributed by atoms with Gasteiger partial charge in [0.25, 0.3) is 0 Å². The van der Waals surface area contributed by atoms with Crippen LogP contribution in [0.3, 0.4) is 0 Å². The summed E-state index contributed by atoms with van der Waals surface area (Å²) in [6.07, 6.45) is 1.81. The molecular formula is C22H26N4O2. The van der Waals surface area contributed by atoms with Gasteiger partial charge in [-0.2, -0.15) is 5.10 Å². The van der Waals surface area contributed by atoms with E-state index in [0.717, 1.165) is 28.3 Å². The zero-order chi connectivity index (χ0) is 20.1. The van der Waals surface area contributed by atoms with E-state index in [1.807, 2.05) is 54.9 Å². The van der Waals surface area contributed by atoms with Crippen LogP contribution < -0.4 is 15.4 Å². The van der Waals surface area contributed by atoms with Gasteiger partial charge in [-0.1, -0.05) is 35.9 Å². The van der Waals surface area contributed by atoms with Crippen molar-refractivity contribution in [2.24, 2.45) is 0 Å². The third-order valence-electron chi connectivity index (χ3n) is 4.77. The number of aryl methyl sites for hydroxylation is 1. The maximum atomic E-state index is 12.3. The number of hydrogen-bond donors (Lipinski definition) is 2. The summed E-state index contributed by atoms with van der Waals surface area (Å²) in [7, 11) is 1.62. The minimum absolute atomic E-state index is 0.170. The van der Waals surface area contributed by atoms with Crippen LogP contribution in [0, 0.1) is 13.8 Å². The van der Waals surface area contributed by atoms with Crippen molar-refractivity contribution >= 4 is 6.03 Å². The highest BCUT2D eigenvalue weighted by Crippen LogP contribution is 2.21. The maximum absolute atomic E-state index is 12.3. The van der Waals surface area contributed by atoms with E-state index in [1.165, 1.54) is 5.56 Å². The van der Waals surface area contributed by atoms with Gasteiger partial charge < -0.3 is 15.4 Å². The molecule has 2 N–H and O–H groups in total. The molecule has 0 saturated heterocycles. The van der Waals surface area contributed by atoms with Gasteiger partial charge in [0.1, 0.15) is 5.75 Å². The van der Waals surface area contributed by atoms with E-state index in [2.05, 4.69) is 34.8 Å². The van der Waals surface area contributed by atoms with Gasteiger partial charge in [-0.15, -0.1) is 0 Å². The van der Waals surface area contributed by atoms with E-state index in [9.17, 15) is 4.79 Å². The van der Waals surface area contributed by atoms with Crippen LogP contribution in [-0.4, -0.2) is 22.9 Å². The third-order valence-corrected chi connectivity index (χ3v) is 4.77. The first-order valence-electron chi connectivity index (χ1n) is 9.27. The quantitative estimate of drug-likeness (QED) is 0.680. The highest BCUT2D eigenvalue weighted by atomic mass is 16.5. The van der Waals surface area contributed by atoms with Crippen LogP contribution in [0.25, 0.3) is 5.69 Å². The van der Waals surface area contributed by atoms with E-state index in [0.29, 0.717) is 6.54 Å². The van der Waals surface area contributed by atoms with Crippen LogP contribution in [0.2, 0.25) is 0 Å². The molecule has 0 fully saturated rings. The predicted molar refractivity (Wildman–Crippen MR) is 110 cm³/mol. The molecule has 0 radical (unpaired) electrons. The van der Waals surface area contributed by atoms with Crippen LogP contribution in [0.4, 0.5) is 4.79 Å². The number of benzene rings is 2. The number of amides is 2. The number of carbonyl (C=O) groups excluding carboxylic acids is 1. The molecule has 0 unspecified atom stereocenters. The maximum Gasteiger partial charge on any atom is 0.315 e. The zero-order valence-electron chi connectivity index (χ0n) is 16.7. The number of carbonyl (C=O) groups is 1. The normalized spacial score (nSPS) is 11.7. The molecule has 0 aliphatic heterocycles. The van der Waals surface area contributed by atoms with Crippen molar-refractivity contribution in [2.75, 3.05) is 7.11 Å². The molecule has 1 heterocycles. The van der Waals surface area contributed by atoms with E-state index in [1.54, 1.807) is 13.3 Å². The average Bonchev–Trinajstić information content (AvgIpc) is 3.08. The Morgan fingerprint density at radius 2 is 1.86 bits per heavy atom. The molecule has 2 aromatic carbocycles. The summed E-state index contributed by atoms with van der Waals surface area (Å²) < 4.78 is 7.20. The van der Waals surface area contributed by atoms with Crippen LogP contribution in [0.1, 0.15) is 35.3 Å². The lowest BCUT2D eigenvalue weighted by Crippen LogP contribution is -2.36. The SMILES string of the molecule is COc1ccccc1CNC(=O)N[C@@H](C)c1cnn(-c2ccc(C)cc2)c1C. The zero-order valence-corrected chi connectivity index (χ0v) is 16.7. The van der Waals surface area contributed by atoms with Crippen molar-refractivity contribution in [3.05, 3.63) is 77.1 Å². The van der Waals surface area contributed by atoms with Crippen molar-refractivity contribution < 1.29 is 9.53 Å². The molecule has 2 amide bonds. The van der Waals surface area contributed by atoms with Crippen LogP contribution in [0.5, 0.6) is 5.75 Å². The Morgan fingerprint density at radius 1 is 1.14 bits per heavy atom. The second kappa shape index (κ2) is 8.61. The topological polar surface area (TPSA) is 68.2 Å². The summed E-state index contributed by atoms with van der Waals surface area (Å²) >= 11 is 0. The largest absolute Gasteiger partial charge is 0.496 e. The highest BCUT2D eigenvalue weighted by molar-refractivity contribution is 5.74. The number of urea groups is 1. The Balaban J connectivity index is 1.63. The molecule has 0 spiro atoms. The number of methoxy groups -OCH3 is 1. The molecule has 0 aliphatic rings. The van der Waals surface area contributed by atoms with Gasteiger partial charge >= 0.3 is 6.03 Å². The lowest BCUT2D eigenvalue weighted by atomic mass is 10.1. The van der Waals surface area contributed by atoms with Crippen LogP contribution in [-0.2, 0) is 6.54 Å². The minimum Gasteiger partial charge on any atom is -0.496 e. The number of ether oxygens (including phenoxy) is 1. The van der Waals surface area contributed by atoms with Gasteiger partial charge in [0.05, 0.1) is 25.0 Å². The summed E-state index contributed by atoms with van der Waals surface area (Å²) in [6, 6.07) is 15.4. The molecule has 3 aromatic rings. The van der Waals surface area contributed by atoms with E-state index in [4.69, 9.17) is 4.74 Å². The molecule has 6 heteroatoms. The Labute approximate surface area is 165 Å². The van der Waals surface area contributed by atoms with Crippen molar-refractivity contribution in [1.29, 1.82) is 0 Å². The standard InChI is InChI=1S/C22H26N4O2/c1-15-9-11-19(12-10-15)26-17(3)20(14-24-26)16(2)25-22(27)23-13-18-7-5-6-8-21(18)28-4/h5-12,14,16H,13H2,1-4H3,(H2,23,25,27)/t16-/m0/s1. The lowest BCUT2D eigenvalue weighted by molar-refractivity contribution is 0.237. The number of para-hydroxylation sites is 1. The average molecular weight is 378 g/mol. The molecular weight excluding hydrogens is 352 g/mol. The predicted octanol–water partition coefficient (Wildman–Crippen LogP) is 4.06. The van der Waals surface area contributed by atoms with Gasteiger partial charge in [0.2, 0.25) is 0 Å². The van der Waals surface area contributed by atoms with Gasteiger partial charge in [-0.25, -0.2) is 9.48 Å². The fourth-order valence-corrected chi connectivity index (χ4v) is 3.14. The van der Waals surface area contributed by atoms with Crippen molar-refractivity contribution in [2.45, 2.75) is 33.4 Å². The Morgan fingerprint density at radius 3 is 2.57 bits per heavy atom. The molecule has 6 nitrogen and oxygen atoms in total. The Kier molecular flexibility index (Phi) is 5.99. The van der Waals surface area contributed by atoms with Crippen molar-refractivity contribution in [3.8, 4) is 11.4 Å². The minimum atomic E-state index is -0.235. The monoisotopic (exact) mass is 378 g/mol. The molecule has 3 rings (SSSR count). The number of nitrogens with one attached hydrogen (secondary N) is 2. The van der Waals surface area contributed by atoms with E-state index >= 15 is 0 Å². The first kappa shape index (κ1) is 19.5. The summed E-state index contributed by atoms with van der Waals surface area (Å²) in [5.41, 5.74) is 5.11. The number of rotatable bonds is 6. The summed E-state index contributed by atoms with van der Waals surface area (Å²) in [5, 5.41) is 10.3. The summed E-state index contributed by atoms with van der Waals surface area (Å²) in [5.74, 6) is 0.756. The Hall–Kier alpha value is -3.28. The van der Waals surface area contributed by atoms with Crippen molar-refractivity contribution in [3.63, 3.8) is 0 Å². The molecule has 146 valence electrons. The fourth-order valence-electron chi connectivity index (χ4n) is 3.14. The van der Waals surface area contributed by atoms with Gasteiger partial charge in [-0.3, -0.25) is 0 Å². The number of hydrogen-bond acceptors (Lipinski definition) is 3. The molecule has 28 heavy (non-hydrogen) atoms. The summed E-state index contributed by atoms with van der Waals surface area (Å²) in [4.78, 5) is 12.3. The second-order valence-electron chi connectivity index (χ2n) is 6.79. The van der Waals surface area contributed by atoms with Crippen LogP contribution in [0.15, 0.2) is 54.7 Å². The first-order chi connectivity index (χ1) is 13.5. The molecule has 0 aliphatic carbocycles. The second-order valence-corrected chi connectivity index (χ2v) is 6.79. The number of nitrogens with zero attached hydrogens (tertiary/aromatic N) is 2. The third kappa shape index (κ3) is 4.34.